The minimum Gasteiger partial charge on any atom is -0.494 e. The minimum atomic E-state index is -0.828. The zero-order valence-corrected chi connectivity index (χ0v) is 17.5. The molecule has 0 aromatic heterocycles. The van der Waals surface area contributed by atoms with Gasteiger partial charge in [0.15, 0.2) is 0 Å². The highest BCUT2D eigenvalue weighted by Crippen LogP contribution is 2.33. The molecule has 1 aromatic carbocycles. The number of carbonyl (C=O) groups excluding carboxylic acids is 3. The summed E-state index contributed by atoms with van der Waals surface area (Å²) in [6, 6.07) is 7.40. The Bertz CT molecular complexity index is 761. The number of hydrogen-bond acceptors (Lipinski definition) is 4. The molecule has 7 nitrogen and oxygen atoms in total. The van der Waals surface area contributed by atoms with Gasteiger partial charge in [0.25, 0.3) is 5.91 Å². The van der Waals surface area contributed by atoms with Crippen molar-refractivity contribution in [1.82, 2.24) is 15.8 Å². The quantitative estimate of drug-likeness (QED) is 0.565. The van der Waals surface area contributed by atoms with Crippen LogP contribution in [0.1, 0.15) is 71.3 Å². The van der Waals surface area contributed by atoms with Gasteiger partial charge in [-0.25, -0.2) is 4.79 Å². The van der Waals surface area contributed by atoms with Crippen LogP contribution in [-0.2, 0) is 15.0 Å². The van der Waals surface area contributed by atoms with Gasteiger partial charge in [-0.1, -0.05) is 52.2 Å². The second-order valence-corrected chi connectivity index (χ2v) is 8.97. The molecule has 1 saturated heterocycles. The second-order valence-electron chi connectivity index (χ2n) is 8.97. The van der Waals surface area contributed by atoms with Gasteiger partial charge in [0.1, 0.15) is 11.3 Å². The van der Waals surface area contributed by atoms with Crippen LogP contribution in [-0.4, -0.2) is 35.0 Å². The highest BCUT2D eigenvalue weighted by atomic mass is 16.5. The molecule has 4 amide bonds. The largest absolute Gasteiger partial charge is 0.494 e. The summed E-state index contributed by atoms with van der Waals surface area (Å²) >= 11 is 0. The molecule has 29 heavy (non-hydrogen) atoms. The third-order valence-electron chi connectivity index (χ3n) is 5.64. The normalized spacial score (nSPS) is 18.7. The predicted molar refractivity (Wildman–Crippen MR) is 109 cm³/mol. The molecule has 1 aliphatic carbocycles. The highest BCUT2D eigenvalue weighted by Gasteiger charge is 2.52. The molecular formula is C22H31N3O4. The van der Waals surface area contributed by atoms with E-state index >= 15 is 0 Å². The van der Waals surface area contributed by atoms with E-state index in [4.69, 9.17) is 4.74 Å². The summed E-state index contributed by atoms with van der Waals surface area (Å²) in [6.45, 7) is 6.85. The molecule has 0 unspecified atom stereocenters. The number of nitrogens with one attached hydrogen (secondary N) is 2. The van der Waals surface area contributed by atoms with Crippen molar-refractivity contribution in [1.29, 1.82) is 0 Å². The van der Waals surface area contributed by atoms with E-state index in [0.29, 0.717) is 25.9 Å². The molecule has 3 rings (SSSR count). The van der Waals surface area contributed by atoms with Gasteiger partial charge < -0.3 is 10.1 Å². The van der Waals surface area contributed by atoms with Crippen LogP contribution in [0, 0.1) is 0 Å². The molecule has 0 bridgehead atoms. The van der Waals surface area contributed by atoms with Crippen molar-refractivity contribution < 1.29 is 19.1 Å². The van der Waals surface area contributed by atoms with Crippen LogP contribution in [0.2, 0.25) is 0 Å². The lowest BCUT2D eigenvalue weighted by Crippen LogP contribution is -2.50. The second kappa shape index (κ2) is 8.43. The van der Waals surface area contributed by atoms with E-state index in [-0.39, 0.29) is 23.7 Å². The lowest BCUT2D eigenvalue weighted by atomic mass is 9.82. The topological polar surface area (TPSA) is 87.7 Å². The van der Waals surface area contributed by atoms with Crippen molar-refractivity contribution in [3.05, 3.63) is 29.8 Å². The molecule has 158 valence electrons. The Labute approximate surface area is 172 Å². The molecule has 2 N–H and O–H groups in total. The monoisotopic (exact) mass is 401 g/mol. The Kier molecular flexibility index (Phi) is 6.15. The van der Waals surface area contributed by atoms with Gasteiger partial charge in [0.2, 0.25) is 5.91 Å². The number of benzene rings is 1. The third kappa shape index (κ3) is 4.89. The standard InChI is InChI=1S/C22H31N3O4/c1-21(2,3)16-9-11-17(12-10-16)29-15-7-8-18(26)24-25-19(27)22(23-20(25)28)13-5-4-6-14-22/h9-12H,4-8,13-15H2,1-3H3,(H,23,28)(H,24,26). The number of nitrogens with zero attached hydrogens (tertiary/aromatic N) is 1. The molecule has 1 heterocycles. The molecule has 1 spiro atoms. The van der Waals surface area contributed by atoms with E-state index in [1.807, 2.05) is 24.3 Å². The third-order valence-corrected chi connectivity index (χ3v) is 5.64. The smallest absolute Gasteiger partial charge is 0.344 e. The van der Waals surface area contributed by atoms with Crippen molar-refractivity contribution in [3.8, 4) is 5.75 Å². The summed E-state index contributed by atoms with van der Waals surface area (Å²) in [5, 5.41) is 3.62. The zero-order chi connectivity index (χ0) is 21.1. The first-order valence-corrected chi connectivity index (χ1v) is 10.4. The number of carbonyl (C=O) groups is 3. The summed E-state index contributed by atoms with van der Waals surface area (Å²) in [4.78, 5) is 37.0. The summed E-state index contributed by atoms with van der Waals surface area (Å²) in [5.41, 5.74) is 2.94. The summed E-state index contributed by atoms with van der Waals surface area (Å²) in [6.07, 6.45) is 4.79. The van der Waals surface area contributed by atoms with E-state index in [2.05, 4.69) is 31.5 Å². The molecule has 0 radical (unpaired) electrons. The van der Waals surface area contributed by atoms with Crippen LogP contribution in [0.3, 0.4) is 0 Å². The van der Waals surface area contributed by atoms with Gasteiger partial charge in [-0.15, -0.1) is 0 Å². The SMILES string of the molecule is CC(C)(C)c1ccc(OCCCC(=O)NN2C(=O)NC3(CCCCC3)C2=O)cc1. The molecule has 1 aromatic rings. The maximum absolute atomic E-state index is 12.6. The number of hydrazine groups is 1. The number of amides is 4. The maximum atomic E-state index is 12.6. The Morgan fingerprint density at radius 1 is 1.14 bits per heavy atom. The number of ether oxygens (including phenoxy) is 1. The number of rotatable bonds is 6. The first kappa shape index (κ1) is 21.1. The molecule has 2 aliphatic rings. The fourth-order valence-electron chi connectivity index (χ4n) is 3.87. The number of urea groups is 1. The molecule has 7 heteroatoms. The van der Waals surface area contributed by atoms with Crippen molar-refractivity contribution in [2.24, 2.45) is 0 Å². The molecular weight excluding hydrogens is 370 g/mol. The summed E-state index contributed by atoms with van der Waals surface area (Å²) in [7, 11) is 0. The van der Waals surface area contributed by atoms with Gasteiger partial charge in [0.05, 0.1) is 6.61 Å². The highest BCUT2D eigenvalue weighted by molar-refractivity contribution is 6.07. The first-order valence-electron chi connectivity index (χ1n) is 10.4. The predicted octanol–water partition coefficient (Wildman–Crippen LogP) is 3.43. The lowest BCUT2D eigenvalue weighted by molar-refractivity contribution is -0.140. The van der Waals surface area contributed by atoms with Crippen LogP contribution in [0.25, 0.3) is 0 Å². The van der Waals surface area contributed by atoms with Crippen LogP contribution < -0.4 is 15.5 Å². The van der Waals surface area contributed by atoms with Gasteiger partial charge in [0, 0.05) is 6.42 Å². The zero-order valence-electron chi connectivity index (χ0n) is 17.5. The van der Waals surface area contributed by atoms with Crippen molar-refractivity contribution >= 4 is 17.8 Å². The van der Waals surface area contributed by atoms with Crippen LogP contribution in [0.5, 0.6) is 5.75 Å². The van der Waals surface area contributed by atoms with Crippen LogP contribution >= 0.6 is 0 Å². The molecule has 0 atom stereocenters. The lowest BCUT2D eigenvalue weighted by Gasteiger charge is -2.30. The number of imide groups is 1. The fraction of sp³-hybridized carbons (Fsp3) is 0.591. The van der Waals surface area contributed by atoms with Crippen molar-refractivity contribution in [2.75, 3.05) is 6.61 Å². The number of hydrogen-bond donors (Lipinski definition) is 2. The van der Waals surface area contributed by atoms with Crippen LogP contribution in [0.15, 0.2) is 24.3 Å². The molecule has 2 fully saturated rings. The average molecular weight is 402 g/mol. The van der Waals surface area contributed by atoms with Gasteiger partial charge in [-0.3, -0.25) is 15.0 Å². The Balaban J connectivity index is 1.42. The average Bonchev–Trinajstić information content (AvgIpc) is 2.89. The molecule has 1 saturated carbocycles. The van der Waals surface area contributed by atoms with E-state index < -0.39 is 11.6 Å². The van der Waals surface area contributed by atoms with Crippen LogP contribution in [0.4, 0.5) is 4.79 Å². The fourth-order valence-corrected chi connectivity index (χ4v) is 3.87. The Hall–Kier alpha value is -2.57. The van der Waals surface area contributed by atoms with E-state index in [1.165, 1.54) is 5.56 Å². The first-order chi connectivity index (χ1) is 13.7. The summed E-state index contributed by atoms with van der Waals surface area (Å²) in [5.74, 6) is 0.0468. The maximum Gasteiger partial charge on any atom is 0.344 e. The van der Waals surface area contributed by atoms with Crippen molar-refractivity contribution in [3.63, 3.8) is 0 Å². The minimum absolute atomic E-state index is 0.0894. The van der Waals surface area contributed by atoms with E-state index in [0.717, 1.165) is 30.0 Å². The van der Waals surface area contributed by atoms with E-state index in [9.17, 15) is 14.4 Å². The Morgan fingerprint density at radius 2 is 1.79 bits per heavy atom. The Morgan fingerprint density at radius 3 is 2.41 bits per heavy atom. The summed E-state index contributed by atoms with van der Waals surface area (Å²) < 4.78 is 5.69. The van der Waals surface area contributed by atoms with Gasteiger partial charge in [-0.2, -0.15) is 5.01 Å². The van der Waals surface area contributed by atoms with Gasteiger partial charge >= 0.3 is 6.03 Å². The van der Waals surface area contributed by atoms with Crippen molar-refractivity contribution in [2.45, 2.75) is 76.7 Å². The molecule has 1 aliphatic heterocycles. The van der Waals surface area contributed by atoms with Gasteiger partial charge in [-0.05, 0) is 42.4 Å². The van der Waals surface area contributed by atoms with E-state index in [1.54, 1.807) is 0 Å².